The van der Waals surface area contributed by atoms with Gasteiger partial charge in [-0.05, 0) is 18.9 Å². The average molecular weight is 333 g/mol. The van der Waals surface area contributed by atoms with Crippen molar-refractivity contribution in [2.24, 2.45) is 5.92 Å². The van der Waals surface area contributed by atoms with Gasteiger partial charge in [0.05, 0.1) is 23.3 Å². The maximum Gasteiger partial charge on any atom is 0.415 e. The maximum absolute atomic E-state index is 12.0. The Labute approximate surface area is 138 Å². The van der Waals surface area contributed by atoms with Crippen molar-refractivity contribution in [1.82, 2.24) is 15.0 Å². The van der Waals surface area contributed by atoms with Gasteiger partial charge in [-0.1, -0.05) is 13.8 Å². The number of carbonyl (C=O) groups is 1. The van der Waals surface area contributed by atoms with E-state index < -0.39 is 0 Å². The lowest BCUT2D eigenvalue weighted by molar-refractivity contribution is 0.177. The van der Waals surface area contributed by atoms with E-state index in [2.05, 4.69) is 34.1 Å². The molecule has 1 fully saturated rings. The van der Waals surface area contributed by atoms with Gasteiger partial charge < -0.3 is 10.1 Å². The largest absolute Gasteiger partial charge is 0.447 e. The smallest absolute Gasteiger partial charge is 0.415 e. The minimum absolute atomic E-state index is 0.0112. The Bertz CT molecular complexity index is 676. The third-order valence-corrected chi connectivity index (χ3v) is 4.41. The summed E-state index contributed by atoms with van der Waals surface area (Å²) in [5.74, 6) is 1.29. The number of rotatable bonds is 5. The van der Waals surface area contributed by atoms with Crippen LogP contribution in [0.15, 0.2) is 23.2 Å². The molecule has 0 saturated carbocycles. The highest BCUT2D eigenvalue weighted by molar-refractivity contribution is 7.07. The summed E-state index contributed by atoms with van der Waals surface area (Å²) in [4.78, 5) is 26.6. The molecule has 2 aromatic heterocycles. The Morgan fingerprint density at radius 3 is 2.91 bits per heavy atom. The lowest BCUT2D eigenvalue weighted by Gasteiger charge is -2.23. The minimum atomic E-state index is -0.360. The Balaban J connectivity index is 1.81. The average Bonchev–Trinajstić information content (AvgIpc) is 3.16. The first kappa shape index (κ1) is 15.7. The van der Waals surface area contributed by atoms with Gasteiger partial charge in [0.15, 0.2) is 0 Å². The highest BCUT2D eigenvalue weighted by Crippen LogP contribution is 2.26. The molecular formula is C15H19N5O2S. The Hall–Kier alpha value is -2.22. The van der Waals surface area contributed by atoms with E-state index in [-0.39, 0.29) is 24.1 Å². The number of cyclic esters (lactones) is 1. The number of anilines is 2. The molecule has 7 nitrogen and oxygen atoms in total. The summed E-state index contributed by atoms with van der Waals surface area (Å²) in [6, 6.07) is 1.70. The number of aromatic nitrogens is 3. The fraction of sp³-hybridized carbons (Fsp3) is 0.467. The summed E-state index contributed by atoms with van der Waals surface area (Å²) in [6.07, 6.45) is 1.28. The van der Waals surface area contributed by atoms with Gasteiger partial charge >= 0.3 is 6.09 Å². The molecule has 2 atom stereocenters. The van der Waals surface area contributed by atoms with E-state index in [1.807, 2.05) is 12.3 Å². The van der Waals surface area contributed by atoms with E-state index in [9.17, 15) is 4.79 Å². The molecular weight excluding hydrogens is 314 g/mol. The predicted molar refractivity (Wildman–Crippen MR) is 88.6 cm³/mol. The van der Waals surface area contributed by atoms with E-state index in [4.69, 9.17) is 4.74 Å². The fourth-order valence-corrected chi connectivity index (χ4v) is 3.09. The van der Waals surface area contributed by atoms with Crippen LogP contribution in [0.2, 0.25) is 0 Å². The fourth-order valence-electron chi connectivity index (χ4n) is 2.45. The molecule has 0 spiro atoms. The van der Waals surface area contributed by atoms with E-state index >= 15 is 0 Å². The molecule has 0 aromatic carbocycles. The summed E-state index contributed by atoms with van der Waals surface area (Å²) in [5.41, 5.74) is 2.72. The molecule has 3 rings (SSSR count). The van der Waals surface area contributed by atoms with E-state index in [0.29, 0.717) is 18.4 Å². The number of amides is 1. The van der Waals surface area contributed by atoms with Crippen LogP contribution >= 0.6 is 11.3 Å². The maximum atomic E-state index is 12.0. The normalized spacial score (nSPS) is 19.0. The molecule has 1 amide bonds. The van der Waals surface area contributed by atoms with Crippen LogP contribution in [0, 0.1) is 5.92 Å². The van der Waals surface area contributed by atoms with Gasteiger partial charge in [-0.2, -0.15) is 4.98 Å². The van der Waals surface area contributed by atoms with Gasteiger partial charge in [-0.25, -0.2) is 14.8 Å². The van der Waals surface area contributed by atoms with Crippen LogP contribution in [0.4, 0.5) is 16.6 Å². The Kier molecular flexibility index (Phi) is 4.42. The lowest BCUT2D eigenvalue weighted by Crippen LogP contribution is -2.37. The first-order valence-corrected chi connectivity index (χ1v) is 8.44. The number of hydrogen-bond donors (Lipinski definition) is 1. The van der Waals surface area contributed by atoms with Crippen molar-refractivity contribution in [3.63, 3.8) is 0 Å². The van der Waals surface area contributed by atoms with Crippen molar-refractivity contribution in [1.29, 1.82) is 0 Å². The van der Waals surface area contributed by atoms with Crippen molar-refractivity contribution >= 4 is 29.2 Å². The van der Waals surface area contributed by atoms with Crippen molar-refractivity contribution in [3.8, 4) is 0 Å². The van der Waals surface area contributed by atoms with Crippen LogP contribution in [-0.2, 0) is 4.74 Å². The molecule has 1 aliphatic rings. The number of nitrogens with zero attached hydrogens (tertiary/aromatic N) is 4. The highest BCUT2D eigenvalue weighted by atomic mass is 32.1. The van der Waals surface area contributed by atoms with Crippen LogP contribution < -0.4 is 10.2 Å². The number of carbonyl (C=O) groups excluding carboxylic acids is 1. The van der Waals surface area contributed by atoms with Crippen molar-refractivity contribution in [2.45, 2.75) is 32.9 Å². The van der Waals surface area contributed by atoms with Crippen LogP contribution in [0.5, 0.6) is 0 Å². The van der Waals surface area contributed by atoms with Gasteiger partial charge in [-0.15, -0.1) is 11.3 Å². The molecule has 1 aliphatic heterocycles. The first-order chi connectivity index (χ1) is 11.1. The minimum Gasteiger partial charge on any atom is -0.447 e. The Morgan fingerprint density at radius 1 is 1.39 bits per heavy atom. The molecule has 1 saturated heterocycles. The van der Waals surface area contributed by atoms with Crippen LogP contribution in [0.25, 0.3) is 0 Å². The predicted octanol–water partition coefficient (Wildman–Crippen LogP) is 3.09. The molecule has 23 heavy (non-hydrogen) atoms. The van der Waals surface area contributed by atoms with Crippen LogP contribution in [0.3, 0.4) is 0 Å². The molecule has 0 unspecified atom stereocenters. The molecule has 0 radical (unpaired) electrons. The standard InChI is InChI=1S/C15H19N5O2S/c1-9(2)12-6-22-15(21)20(12)13-4-5-16-14(19-13)18-10(3)11-7-23-8-17-11/h4-5,7-10,12H,6H2,1-3H3,(H,16,18,19)/t10-,12-/m1/s1. The molecule has 3 heterocycles. The summed E-state index contributed by atoms with van der Waals surface area (Å²) in [6.45, 7) is 6.50. The van der Waals surface area contributed by atoms with Crippen molar-refractivity contribution in [3.05, 3.63) is 28.8 Å². The zero-order valence-corrected chi connectivity index (χ0v) is 14.1. The summed E-state index contributed by atoms with van der Waals surface area (Å²) >= 11 is 1.54. The summed E-state index contributed by atoms with van der Waals surface area (Å²) in [7, 11) is 0. The van der Waals surface area contributed by atoms with Crippen LogP contribution in [0.1, 0.15) is 32.5 Å². The summed E-state index contributed by atoms with van der Waals surface area (Å²) < 4.78 is 5.17. The second-order valence-electron chi connectivity index (χ2n) is 5.78. The first-order valence-electron chi connectivity index (χ1n) is 7.50. The molecule has 122 valence electrons. The van der Waals surface area contributed by atoms with Crippen molar-refractivity contribution in [2.75, 3.05) is 16.8 Å². The van der Waals surface area contributed by atoms with Gasteiger partial charge in [-0.3, -0.25) is 4.90 Å². The third-order valence-electron chi connectivity index (χ3n) is 3.80. The number of hydrogen-bond acceptors (Lipinski definition) is 7. The number of ether oxygens (including phenoxy) is 1. The number of nitrogens with one attached hydrogen (secondary N) is 1. The third kappa shape index (κ3) is 3.26. The zero-order valence-electron chi connectivity index (χ0n) is 13.3. The molecule has 8 heteroatoms. The zero-order chi connectivity index (χ0) is 16.4. The monoisotopic (exact) mass is 333 g/mol. The van der Waals surface area contributed by atoms with Gasteiger partial charge in [0.2, 0.25) is 5.95 Å². The van der Waals surface area contributed by atoms with Gasteiger partial charge in [0, 0.05) is 11.6 Å². The van der Waals surface area contributed by atoms with Crippen LogP contribution in [-0.4, -0.2) is 33.7 Å². The second kappa shape index (κ2) is 6.49. The molecule has 2 aromatic rings. The Morgan fingerprint density at radius 2 is 2.22 bits per heavy atom. The highest BCUT2D eigenvalue weighted by Gasteiger charge is 2.37. The SMILES string of the molecule is CC(C)[C@H]1COC(=O)N1c1ccnc(N[C@H](C)c2cscn2)n1. The summed E-state index contributed by atoms with van der Waals surface area (Å²) in [5, 5.41) is 5.19. The van der Waals surface area contributed by atoms with E-state index in [0.717, 1.165) is 5.69 Å². The van der Waals surface area contributed by atoms with Gasteiger partial charge in [0.1, 0.15) is 12.4 Å². The van der Waals surface area contributed by atoms with E-state index in [1.54, 1.807) is 34.0 Å². The lowest BCUT2D eigenvalue weighted by atomic mass is 10.0. The number of thiazole rings is 1. The molecule has 0 bridgehead atoms. The molecule has 1 N–H and O–H groups in total. The second-order valence-corrected chi connectivity index (χ2v) is 6.49. The quantitative estimate of drug-likeness (QED) is 0.905. The van der Waals surface area contributed by atoms with Gasteiger partial charge in [0.25, 0.3) is 0 Å². The van der Waals surface area contributed by atoms with E-state index in [1.165, 1.54) is 0 Å². The topological polar surface area (TPSA) is 80.2 Å². The van der Waals surface area contributed by atoms with Crippen molar-refractivity contribution < 1.29 is 9.53 Å². The molecule has 0 aliphatic carbocycles.